The Morgan fingerprint density at radius 1 is 1.15 bits per heavy atom. The lowest BCUT2D eigenvalue weighted by Gasteiger charge is -2.16. The third kappa shape index (κ3) is 4.84. The predicted octanol–water partition coefficient (Wildman–Crippen LogP) is 2.48. The van der Waals surface area contributed by atoms with Gasteiger partial charge in [0.25, 0.3) is 11.8 Å². The highest BCUT2D eigenvalue weighted by Gasteiger charge is 2.17. The van der Waals surface area contributed by atoms with Gasteiger partial charge in [-0.05, 0) is 18.2 Å². The summed E-state index contributed by atoms with van der Waals surface area (Å²) in [5.74, 6) is 4.61. The minimum atomic E-state index is -0.505. The van der Waals surface area contributed by atoms with Crippen molar-refractivity contribution < 1.29 is 14.3 Å². The average molecular weight is 380 g/mol. The van der Waals surface area contributed by atoms with E-state index < -0.39 is 5.91 Å². The molecule has 0 aliphatic heterocycles. The number of para-hydroxylation sites is 1. The van der Waals surface area contributed by atoms with Crippen molar-refractivity contribution >= 4 is 34.8 Å². The van der Waals surface area contributed by atoms with Crippen molar-refractivity contribution in [2.45, 2.75) is 13.8 Å². The molecule has 0 saturated heterocycles. The first kappa shape index (κ1) is 21.2. The number of rotatable bonds is 5. The smallest absolute Gasteiger partial charge is 0.269 e. The van der Waals surface area contributed by atoms with Crippen molar-refractivity contribution in [3.63, 3.8) is 0 Å². The minimum absolute atomic E-state index is 0.208. The molecule has 0 aliphatic rings. The van der Waals surface area contributed by atoms with Gasteiger partial charge in [-0.1, -0.05) is 31.5 Å². The van der Waals surface area contributed by atoms with Gasteiger partial charge in [0.1, 0.15) is 5.15 Å². The number of methoxy groups -OCH3 is 1. The maximum Gasteiger partial charge on any atom is 0.269 e. The van der Waals surface area contributed by atoms with Crippen LogP contribution in [0.2, 0.25) is 5.15 Å². The van der Waals surface area contributed by atoms with Gasteiger partial charge in [0.2, 0.25) is 0 Å². The third-order valence-electron chi connectivity index (χ3n) is 3.21. The van der Waals surface area contributed by atoms with Crippen LogP contribution in [-0.4, -0.2) is 31.0 Å². The summed E-state index contributed by atoms with van der Waals surface area (Å²) >= 11 is 5.91. The second-order valence-electron chi connectivity index (χ2n) is 4.62. The number of anilines is 2. The van der Waals surface area contributed by atoms with Crippen LogP contribution in [0.15, 0.2) is 30.5 Å². The molecule has 26 heavy (non-hydrogen) atoms. The molecule has 0 unspecified atom stereocenters. The van der Waals surface area contributed by atoms with Crippen LogP contribution in [0.4, 0.5) is 11.4 Å². The Balaban J connectivity index is 0.00000163. The van der Waals surface area contributed by atoms with Crippen LogP contribution in [0.25, 0.3) is 0 Å². The molecule has 0 saturated carbocycles. The lowest BCUT2D eigenvalue weighted by atomic mass is 10.1. The van der Waals surface area contributed by atoms with Crippen LogP contribution in [0.5, 0.6) is 5.75 Å². The molecule has 0 radical (unpaired) electrons. The number of aromatic nitrogens is 1. The van der Waals surface area contributed by atoms with E-state index >= 15 is 0 Å². The summed E-state index contributed by atoms with van der Waals surface area (Å²) < 4.78 is 5.30. The summed E-state index contributed by atoms with van der Waals surface area (Å²) in [4.78, 5) is 27.7. The molecule has 1 heterocycles. The number of ether oxygens (including phenoxy) is 1. The van der Waals surface area contributed by atoms with E-state index in [-0.39, 0.29) is 27.9 Å². The van der Waals surface area contributed by atoms with Gasteiger partial charge in [0.15, 0.2) is 5.75 Å². The summed E-state index contributed by atoms with van der Waals surface area (Å²) in [6, 6.07) is 6.40. The van der Waals surface area contributed by atoms with Crippen LogP contribution in [0.3, 0.4) is 0 Å². The Kier molecular flexibility index (Phi) is 8.33. The molecule has 0 atom stereocenters. The molecule has 2 aromatic rings. The van der Waals surface area contributed by atoms with Gasteiger partial charge >= 0.3 is 0 Å². The number of halogens is 1. The highest BCUT2D eigenvalue weighted by atomic mass is 35.5. The number of amides is 2. The Morgan fingerprint density at radius 2 is 1.85 bits per heavy atom. The number of benzene rings is 1. The highest BCUT2D eigenvalue weighted by molar-refractivity contribution is 6.29. The predicted molar refractivity (Wildman–Crippen MR) is 102 cm³/mol. The summed E-state index contributed by atoms with van der Waals surface area (Å²) in [6.07, 6.45) is 1.35. The normalized spacial score (nSPS) is 9.46. The summed E-state index contributed by atoms with van der Waals surface area (Å²) in [5, 5.41) is 5.77. The molecular weight excluding hydrogens is 358 g/mol. The number of nitrogens with one attached hydrogen (secondary N) is 3. The van der Waals surface area contributed by atoms with E-state index in [0.29, 0.717) is 11.4 Å². The number of hydrogen-bond acceptors (Lipinski definition) is 6. The molecule has 0 spiro atoms. The summed E-state index contributed by atoms with van der Waals surface area (Å²) in [6.45, 7) is 4.00. The molecule has 1 aromatic heterocycles. The maximum absolute atomic E-state index is 12.0. The zero-order chi connectivity index (χ0) is 19.7. The Labute approximate surface area is 157 Å². The lowest BCUT2D eigenvalue weighted by molar-refractivity contribution is 0.0946. The quantitative estimate of drug-likeness (QED) is 0.274. The van der Waals surface area contributed by atoms with Crippen molar-refractivity contribution in [3.05, 3.63) is 46.7 Å². The fourth-order valence-electron chi connectivity index (χ4n) is 2.11. The van der Waals surface area contributed by atoms with Gasteiger partial charge in [-0.2, -0.15) is 0 Å². The highest BCUT2D eigenvalue weighted by Crippen LogP contribution is 2.32. The zero-order valence-electron chi connectivity index (χ0n) is 15.0. The standard InChI is InChI=1S/C15H16ClN5O3.C2H6/c1-18-14(22)9-7-19-12(16)6-11(9)20-10-5-3-4-8(13(10)24-2)15(23)21-17;1-2/h3-7H,17H2,1-2H3,(H,18,22)(H,19,20)(H,21,23);1-2H3. The average Bonchev–Trinajstić information content (AvgIpc) is 2.68. The Morgan fingerprint density at radius 3 is 2.42 bits per heavy atom. The number of nitrogens with zero attached hydrogens (tertiary/aromatic N) is 1. The number of carbonyl (C=O) groups is 2. The van der Waals surface area contributed by atoms with Crippen LogP contribution >= 0.6 is 11.6 Å². The Bertz CT molecular complexity index is 783. The molecule has 8 nitrogen and oxygen atoms in total. The second kappa shape index (κ2) is 10.2. The van der Waals surface area contributed by atoms with E-state index in [4.69, 9.17) is 22.2 Å². The zero-order valence-corrected chi connectivity index (χ0v) is 15.8. The number of carbonyl (C=O) groups excluding carboxylic acids is 2. The fourth-order valence-corrected chi connectivity index (χ4v) is 2.26. The van der Waals surface area contributed by atoms with Crippen LogP contribution in [0.1, 0.15) is 34.6 Å². The van der Waals surface area contributed by atoms with Crippen LogP contribution in [0, 0.1) is 0 Å². The van der Waals surface area contributed by atoms with Gasteiger partial charge in [0, 0.05) is 13.2 Å². The third-order valence-corrected chi connectivity index (χ3v) is 3.41. The lowest BCUT2D eigenvalue weighted by Crippen LogP contribution is -2.30. The molecule has 0 aliphatic carbocycles. The molecule has 2 rings (SSSR count). The van der Waals surface area contributed by atoms with Gasteiger partial charge in [-0.15, -0.1) is 0 Å². The molecule has 140 valence electrons. The van der Waals surface area contributed by atoms with E-state index in [0.717, 1.165) is 0 Å². The van der Waals surface area contributed by atoms with Crippen LogP contribution in [-0.2, 0) is 0 Å². The van der Waals surface area contributed by atoms with Crippen molar-refractivity contribution in [1.82, 2.24) is 15.7 Å². The van der Waals surface area contributed by atoms with E-state index in [9.17, 15) is 9.59 Å². The summed E-state index contributed by atoms with van der Waals surface area (Å²) in [7, 11) is 2.93. The van der Waals surface area contributed by atoms with Gasteiger partial charge < -0.3 is 15.4 Å². The maximum atomic E-state index is 12.0. The fraction of sp³-hybridized carbons (Fsp3) is 0.235. The topological polar surface area (TPSA) is 118 Å². The summed E-state index contributed by atoms with van der Waals surface area (Å²) in [5.41, 5.74) is 3.46. The largest absolute Gasteiger partial charge is 0.494 e. The number of hydrogen-bond donors (Lipinski definition) is 4. The van der Waals surface area contributed by atoms with E-state index in [2.05, 4.69) is 21.0 Å². The molecule has 9 heteroatoms. The number of pyridine rings is 1. The number of hydrazine groups is 1. The first-order valence-corrected chi connectivity index (χ1v) is 8.22. The minimum Gasteiger partial charge on any atom is -0.494 e. The number of nitrogens with two attached hydrogens (primary N) is 1. The molecular formula is C17H22ClN5O3. The molecule has 5 N–H and O–H groups in total. The molecule has 2 amide bonds. The Hall–Kier alpha value is -2.84. The van der Waals surface area contributed by atoms with Gasteiger partial charge in [-0.3, -0.25) is 15.0 Å². The monoisotopic (exact) mass is 379 g/mol. The first-order chi connectivity index (χ1) is 12.5. The van der Waals surface area contributed by atoms with E-state index in [1.165, 1.54) is 26.4 Å². The van der Waals surface area contributed by atoms with Crippen molar-refractivity contribution in [2.24, 2.45) is 5.84 Å². The number of nitrogen functional groups attached to an aromatic ring is 1. The van der Waals surface area contributed by atoms with E-state index in [1.54, 1.807) is 18.2 Å². The van der Waals surface area contributed by atoms with Crippen molar-refractivity contribution in [3.8, 4) is 5.75 Å². The van der Waals surface area contributed by atoms with Crippen molar-refractivity contribution in [1.29, 1.82) is 0 Å². The molecule has 1 aromatic carbocycles. The molecule has 0 bridgehead atoms. The van der Waals surface area contributed by atoms with Gasteiger partial charge in [0.05, 0.1) is 29.6 Å². The van der Waals surface area contributed by atoms with E-state index in [1.807, 2.05) is 13.8 Å². The van der Waals surface area contributed by atoms with Crippen LogP contribution < -0.4 is 26.6 Å². The SMILES string of the molecule is CC.CNC(=O)c1cnc(Cl)cc1Nc1cccc(C(=O)NN)c1OC. The second-order valence-corrected chi connectivity index (χ2v) is 5.00. The first-order valence-electron chi connectivity index (χ1n) is 7.84. The molecule has 0 fully saturated rings. The van der Waals surface area contributed by atoms with Gasteiger partial charge in [-0.25, -0.2) is 10.8 Å². The van der Waals surface area contributed by atoms with Crippen molar-refractivity contribution in [2.75, 3.05) is 19.5 Å².